The zero-order valence-corrected chi connectivity index (χ0v) is 15.7. The molecule has 0 aliphatic rings. The smallest absolute Gasteiger partial charge is 0.123 e. The van der Waals surface area contributed by atoms with Crippen molar-refractivity contribution in [2.75, 3.05) is 24.6 Å². The van der Waals surface area contributed by atoms with E-state index in [0.29, 0.717) is 38.0 Å². The molecular formula is C17H27N5O2S. The van der Waals surface area contributed by atoms with Crippen LogP contribution in [0.4, 0.5) is 11.6 Å². The van der Waals surface area contributed by atoms with Gasteiger partial charge in [-0.3, -0.25) is 0 Å². The third-order valence-corrected chi connectivity index (χ3v) is 3.57. The molecule has 2 aromatic heterocycles. The molecule has 0 aliphatic heterocycles. The highest BCUT2D eigenvalue weighted by Gasteiger charge is 2.10. The van der Waals surface area contributed by atoms with Crippen molar-refractivity contribution in [3.63, 3.8) is 0 Å². The Morgan fingerprint density at radius 2 is 1.84 bits per heavy atom. The number of anilines is 2. The van der Waals surface area contributed by atoms with Gasteiger partial charge in [-0.05, 0) is 48.7 Å². The van der Waals surface area contributed by atoms with E-state index < -0.39 is 0 Å². The van der Waals surface area contributed by atoms with E-state index in [0.717, 1.165) is 22.4 Å². The van der Waals surface area contributed by atoms with Crippen molar-refractivity contribution in [3.8, 4) is 0 Å². The zero-order chi connectivity index (χ0) is 17.5. The first-order valence-corrected chi connectivity index (χ1v) is 7.81. The molecule has 0 saturated carbocycles. The number of nitrogen functional groups attached to an aromatic ring is 2. The molecule has 0 spiro atoms. The maximum absolute atomic E-state index is 5.77. The third-order valence-electron chi connectivity index (χ3n) is 3.57. The van der Waals surface area contributed by atoms with Crippen molar-refractivity contribution in [2.45, 2.75) is 33.2 Å². The monoisotopic (exact) mass is 365 g/mol. The molecule has 0 fully saturated rings. The van der Waals surface area contributed by atoms with E-state index in [2.05, 4.69) is 9.97 Å². The fraction of sp³-hybridized carbons (Fsp3) is 0.412. The van der Waals surface area contributed by atoms with Crippen molar-refractivity contribution in [1.29, 1.82) is 0 Å². The average molecular weight is 366 g/mol. The van der Waals surface area contributed by atoms with E-state index in [1.54, 1.807) is 6.20 Å². The molecule has 0 amide bonds. The summed E-state index contributed by atoms with van der Waals surface area (Å²) in [6.45, 7) is 5.48. The average Bonchev–Trinajstić information content (AvgIpc) is 2.51. The van der Waals surface area contributed by atoms with Gasteiger partial charge in [-0.25, -0.2) is 9.97 Å². The maximum atomic E-state index is 5.77. The summed E-state index contributed by atoms with van der Waals surface area (Å²) in [6.07, 6.45) is 1.51. The van der Waals surface area contributed by atoms with Crippen LogP contribution >= 0.6 is 13.5 Å². The molecule has 25 heavy (non-hydrogen) atoms. The quantitative estimate of drug-likeness (QED) is 0.647. The summed E-state index contributed by atoms with van der Waals surface area (Å²) in [5.74, 6) is 0.991. The first kappa shape index (κ1) is 21.2. The van der Waals surface area contributed by atoms with E-state index in [9.17, 15) is 0 Å². The Morgan fingerprint density at radius 3 is 2.48 bits per heavy atom. The molecule has 2 heterocycles. The van der Waals surface area contributed by atoms with Gasteiger partial charge in [0.05, 0.1) is 31.6 Å². The molecule has 0 radical (unpaired) electrons. The lowest BCUT2D eigenvalue weighted by Gasteiger charge is -2.17. The maximum Gasteiger partial charge on any atom is 0.123 e. The van der Waals surface area contributed by atoms with E-state index >= 15 is 0 Å². The first-order valence-electron chi connectivity index (χ1n) is 7.81. The van der Waals surface area contributed by atoms with Crippen LogP contribution in [0.15, 0.2) is 24.4 Å². The molecule has 0 unspecified atom stereocenters. The van der Waals surface area contributed by atoms with Gasteiger partial charge < -0.3 is 26.7 Å². The number of rotatable bonds is 8. The second-order valence-corrected chi connectivity index (χ2v) is 5.78. The van der Waals surface area contributed by atoms with Gasteiger partial charge in [0.25, 0.3) is 0 Å². The Bertz CT molecular complexity index is 664. The lowest BCUT2D eigenvalue weighted by molar-refractivity contribution is -0.0256. The van der Waals surface area contributed by atoms with Gasteiger partial charge in [0.1, 0.15) is 11.6 Å². The van der Waals surface area contributed by atoms with Crippen LogP contribution in [-0.2, 0) is 22.7 Å². The summed E-state index contributed by atoms with van der Waals surface area (Å²) in [5, 5.41) is 0. The van der Waals surface area contributed by atoms with Crippen LogP contribution < -0.4 is 17.2 Å². The van der Waals surface area contributed by atoms with E-state index in [1.165, 1.54) is 0 Å². The highest BCUT2D eigenvalue weighted by atomic mass is 32.1. The Labute approximate surface area is 155 Å². The second-order valence-electron chi connectivity index (χ2n) is 5.78. The number of aromatic nitrogens is 2. The van der Waals surface area contributed by atoms with Crippen molar-refractivity contribution in [1.82, 2.24) is 9.97 Å². The zero-order valence-electron chi connectivity index (χ0n) is 14.7. The lowest BCUT2D eigenvalue weighted by atomic mass is 10.2. The molecule has 0 saturated heterocycles. The standard InChI is InChI=1S/C17H25N5O2.H2S/c1-11-3-14(22-17(20)4-11)9-24-15(6-18)10-23-8-13-7-21-16(19)5-12(13)2;/h3-5,7,15H,6,8-10,18H2,1-2H3,(H2,19,21)(H2,20,22);1H2/t15-;/m1./s1. The van der Waals surface area contributed by atoms with Crippen LogP contribution in [0.1, 0.15) is 22.4 Å². The van der Waals surface area contributed by atoms with Gasteiger partial charge in [-0.1, -0.05) is 0 Å². The van der Waals surface area contributed by atoms with Gasteiger partial charge in [-0.15, -0.1) is 0 Å². The predicted molar refractivity (Wildman–Crippen MR) is 104 cm³/mol. The minimum absolute atomic E-state index is 0. The molecule has 138 valence electrons. The number of nitrogens with two attached hydrogens (primary N) is 3. The van der Waals surface area contributed by atoms with E-state index in [4.69, 9.17) is 26.7 Å². The molecule has 1 atom stereocenters. The van der Waals surface area contributed by atoms with Gasteiger partial charge in [0.2, 0.25) is 0 Å². The predicted octanol–water partition coefficient (Wildman–Crippen LogP) is 1.43. The molecule has 6 N–H and O–H groups in total. The summed E-state index contributed by atoms with van der Waals surface area (Å²) in [4.78, 5) is 8.31. The molecular weight excluding hydrogens is 338 g/mol. The van der Waals surface area contributed by atoms with Crippen LogP contribution in [0.25, 0.3) is 0 Å². The molecule has 0 aliphatic carbocycles. The minimum Gasteiger partial charge on any atom is -0.384 e. The molecule has 7 nitrogen and oxygen atoms in total. The number of hydrogen-bond acceptors (Lipinski definition) is 7. The molecule has 0 aromatic carbocycles. The van der Waals surface area contributed by atoms with E-state index in [1.807, 2.05) is 32.0 Å². The number of ether oxygens (including phenoxy) is 2. The number of nitrogens with zero attached hydrogens (tertiary/aromatic N) is 2. The third kappa shape index (κ3) is 6.87. The van der Waals surface area contributed by atoms with E-state index in [-0.39, 0.29) is 19.6 Å². The topological polar surface area (TPSA) is 122 Å². The summed E-state index contributed by atoms with van der Waals surface area (Å²) in [6, 6.07) is 5.58. The summed E-state index contributed by atoms with van der Waals surface area (Å²) < 4.78 is 11.5. The lowest BCUT2D eigenvalue weighted by Crippen LogP contribution is -2.29. The van der Waals surface area contributed by atoms with Gasteiger partial charge in [0.15, 0.2) is 0 Å². The highest BCUT2D eigenvalue weighted by Crippen LogP contribution is 2.12. The van der Waals surface area contributed by atoms with Crippen LogP contribution in [0.3, 0.4) is 0 Å². The van der Waals surface area contributed by atoms with Crippen molar-refractivity contribution in [2.24, 2.45) is 5.73 Å². The highest BCUT2D eigenvalue weighted by molar-refractivity contribution is 7.59. The second kappa shape index (κ2) is 10.2. The van der Waals surface area contributed by atoms with Crippen LogP contribution in [-0.4, -0.2) is 29.2 Å². The SMILES string of the molecule is Cc1cc(N)nc(CO[C@H](CN)COCc2cnc(N)cc2C)c1.S. The van der Waals surface area contributed by atoms with Gasteiger partial charge in [0, 0.05) is 12.7 Å². The van der Waals surface area contributed by atoms with Crippen LogP contribution in [0.2, 0.25) is 0 Å². The normalized spacial score (nSPS) is 11.8. The van der Waals surface area contributed by atoms with Gasteiger partial charge in [-0.2, -0.15) is 13.5 Å². The summed E-state index contributed by atoms with van der Waals surface area (Å²) in [7, 11) is 0. The Morgan fingerprint density at radius 1 is 1.08 bits per heavy atom. The number of hydrogen-bond donors (Lipinski definition) is 3. The molecule has 0 bridgehead atoms. The minimum atomic E-state index is -0.212. The fourth-order valence-corrected chi connectivity index (χ4v) is 2.29. The molecule has 2 aromatic rings. The first-order chi connectivity index (χ1) is 11.5. The summed E-state index contributed by atoms with van der Waals surface area (Å²) >= 11 is 0. The Kier molecular flexibility index (Phi) is 8.64. The van der Waals surface area contributed by atoms with Crippen molar-refractivity contribution >= 4 is 25.1 Å². The van der Waals surface area contributed by atoms with Crippen molar-refractivity contribution < 1.29 is 9.47 Å². The Balaban J connectivity index is 0.00000312. The van der Waals surface area contributed by atoms with Crippen LogP contribution in [0.5, 0.6) is 0 Å². The molecule has 2 rings (SSSR count). The molecule has 8 heteroatoms. The largest absolute Gasteiger partial charge is 0.384 e. The summed E-state index contributed by atoms with van der Waals surface area (Å²) in [5.41, 5.74) is 21.0. The van der Waals surface area contributed by atoms with Crippen LogP contribution in [0, 0.1) is 13.8 Å². The Hall–Kier alpha value is -1.87. The number of pyridine rings is 2. The fourth-order valence-electron chi connectivity index (χ4n) is 2.29. The van der Waals surface area contributed by atoms with Gasteiger partial charge >= 0.3 is 0 Å². The number of aryl methyl sites for hydroxylation is 2. The van der Waals surface area contributed by atoms with Crippen molar-refractivity contribution in [3.05, 3.63) is 46.8 Å².